The lowest BCUT2D eigenvalue weighted by Crippen LogP contribution is -2.07. The Morgan fingerprint density at radius 3 is 2.93 bits per heavy atom. The maximum atomic E-state index is 9.65. The van der Waals surface area contributed by atoms with Gasteiger partial charge in [-0.25, -0.2) is 0 Å². The van der Waals surface area contributed by atoms with Gasteiger partial charge in [-0.15, -0.1) is 0 Å². The molecule has 1 unspecified atom stereocenters. The van der Waals surface area contributed by atoms with E-state index in [0.29, 0.717) is 0 Å². The highest BCUT2D eigenvalue weighted by atomic mass is 16.3. The normalized spacial score (nSPS) is 19.6. The van der Waals surface area contributed by atoms with E-state index in [1.165, 1.54) is 25.7 Å². The van der Waals surface area contributed by atoms with Crippen molar-refractivity contribution in [1.29, 1.82) is 0 Å². The molecule has 1 aliphatic carbocycles. The van der Waals surface area contributed by atoms with Gasteiger partial charge in [0, 0.05) is 18.3 Å². The highest BCUT2D eigenvalue weighted by molar-refractivity contribution is 5.07. The first-order chi connectivity index (χ1) is 7.29. The molecular formula is C12H20N2O. The number of nitrogens with zero attached hydrogens (tertiary/aromatic N) is 2. The average molecular weight is 208 g/mol. The molecule has 0 bridgehead atoms. The molecule has 0 spiro atoms. The standard InChI is InChI=1S/C12H20N2O/c1-2-12(15)11-7-13-14(9-11)8-10-5-3-4-6-10/h7,9-10,12,15H,2-6,8H2,1H3. The minimum Gasteiger partial charge on any atom is -0.388 e. The lowest BCUT2D eigenvalue weighted by atomic mass is 10.1. The van der Waals surface area contributed by atoms with Crippen molar-refractivity contribution < 1.29 is 5.11 Å². The summed E-state index contributed by atoms with van der Waals surface area (Å²) in [7, 11) is 0. The summed E-state index contributed by atoms with van der Waals surface area (Å²) in [6, 6.07) is 0. The van der Waals surface area contributed by atoms with Crippen LogP contribution in [-0.4, -0.2) is 14.9 Å². The number of aromatic nitrogens is 2. The van der Waals surface area contributed by atoms with Crippen molar-refractivity contribution in [3.05, 3.63) is 18.0 Å². The second-order valence-corrected chi connectivity index (χ2v) is 4.57. The molecule has 0 amide bonds. The fraction of sp³-hybridized carbons (Fsp3) is 0.750. The zero-order valence-electron chi connectivity index (χ0n) is 9.39. The van der Waals surface area contributed by atoms with E-state index in [0.717, 1.165) is 24.4 Å². The van der Waals surface area contributed by atoms with Gasteiger partial charge in [-0.3, -0.25) is 4.68 Å². The summed E-state index contributed by atoms with van der Waals surface area (Å²) < 4.78 is 1.99. The van der Waals surface area contributed by atoms with Crippen LogP contribution in [0.1, 0.15) is 50.7 Å². The smallest absolute Gasteiger partial charge is 0.0817 e. The molecule has 1 atom stereocenters. The van der Waals surface area contributed by atoms with Gasteiger partial charge in [0.2, 0.25) is 0 Å². The summed E-state index contributed by atoms with van der Waals surface area (Å²) in [5.41, 5.74) is 0.954. The van der Waals surface area contributed by atoms with E-state index in [1.54, 1.807) is 6.20 Å². The Hall–Kier alpha value is -0.830. The van der Waals surface area contributed by atoms with E-state index in [-0.39, 0.29) is 6.10 Å². The molecule has 1 N–H and O–H groups in total. The van der Waals surface area contributed by atoms with E-state index in [1.807, 2.05) is 17.8 Å². The second-order valence-electron chi connectivity index (χ2n) is 4.57. The van der Waals surface area contributed by atoms with Crippen molar-refractivity contribution in [3.8, 4) is 0 Å². The number of hydrogen-bond donors (Lipinski definition) is 1. The Morgan fingerprint density at radius 1 is 1.53 bits per heavy atom. The summed E-state index contributed by atoms with van der Waals surface area (Å²) in [6.45, 7) is 3.01. The summed E-state index contributed by atoms with van der Waals surface area (Å²) in [5, 5.41) is 14.0. The SMILES string of the molecule is CCC(O)c1cnn(CC2CCCC2)c1. The Balaban J connectivity index is 1.94. The van der Waals surface area contributed by atoms with Crippen LogP contribution in [0.15, 0.2) is 12.4 Å². The van der Waals surface area contributed by atoms with Crippen LogP contribution in [0.5, 0.6) is 0 Å². The third kappa shape index (κ3) is 2.59. The van der Waals surface area contributed by atoms with Crippen LogP contribution in [0, 0.1) is 5.92 Å². The van der Waals surface area contributed by atoms with Gasteiger partial charge in [0.1, 0.15) is 0 Å². The monoisotopic (exact) mass is 208 g/mol. The highest BCUT2D eigenvalue weighted by Gasteiger charge is 2.16. The second kappa shape index (κ2) is 4.79. The van der Waals surface area contributed by atoms with Crippen molar-refractivity contribution in [2.24, 2.45) is 5.92 Å². The Morgan fingerprint density at radius 2 is 2.27 bits per heavy atom. The van der Waals surface area contributed by atoms with E-state index in [4.69, 9.17) is 0 Å². The molecule has 1 fully saturated rings. The molecule has 0 radical (unpaired) electrons. The fourth-order valence-electron chi connectivity index (χ4n) is 2.34. The molecule has 1 heterocycles. The molecule has 15 heavy (non-hydrogen) atoms. The van der Waals surface area contributed by atoms with E-state index in [9.17, 15) is 5.11 Å². The predicted octanol–water partition coefficient (Wildman–Crippen LogP) is 2.52. The molecule has 1 saturated carbocycles. The lowest BCUT2D eigenvalue weighted by Gasteiger charge is -2.08. The fourth-order valence-corrected chi connectivity index (χ4v) is 2.34. The predicted molar refractivity (Wildman–Crippen MR) is 59.4 cm³/mol. The van der Waals surface area contributed by atoms with Crippen molar-refractivity contribution in [3.63, 3.8) is 0 Å². The van der Waals surface area contributed by atoms with Gasteiger partial charge in [0.15, 0.2) is 0 Å². The van der Waals surface area contributed by atoms with Crippen LogP contribution >= 0.6 is 0 Å². The van der Waals surface area contributed by atoms with Gasteiger partial charge in [0.25, 0.3) is 0 Å². The zero-order chi connectivity index (χ0) is 10.7. The van der Waals surface area contributed by atoms with Crippen molar-refractivity contribution in [2.75, 3.05) is 0 Å². The number of aliphatic hydroxyl groups is 1. The van der Waals surface area contributed by atoms with Gasteiger partial charge < -0.3 is 5.11 Å². The van der Waals surface area contributed by atoms with Gasteiger partial charge in [-0.05, 0) is 25.2 Å². The van der Waals surface area contributed by atoms with E-state index >= 15 is 0 Å². The van der Waals surface area contributed by atoms with Gasteiger partial charge in [0.05, 0.1) is 12.3 Å². The summed E-state index contributed by atoms with van der Waals surface area (Å²) in [5.74, 6) is 0.802. The number of rotatable bonds is 4. The van der Waals surface area contributed by atoms with Gasteiger partial charge in [-0.1, -0.05) is 19.8 Å². The molecule has 3 heteroatoms. The van der Waals surface area contributed by atoms with Crippen LogP contribution in [-0.2, 0) is 6.54 Å². The van der Waals surface area contributed by atoms with Crippen molar-refractivity contribution in [1.82, 2.24) is 9.78 Å². The molecule has 84 valence electrons. The largest absolute Gasteiger partial charge is 0.388 e. The van der Waals surface area contributed by atoms with E-state index < -0.39 is 0 Å². The number of aliphatic hydroxyl groups excluding tert-OH is 1. The third-order valence-electron chi connectivity index (χ3n) is 3.34. The average Bonchev–Trinajstić information content (AvgIpc) is 2.88. The minimum atomic E-state index is -0.345. The molecule has 0 aliphatic heterocycles. The maximum absolute atomic E-state index is 9.65. The minimum absolute atomic E-state index is 0.345. The van der Waals surface area contributed by atoms with Crippen LogP contribution in [0.25, 0.3) is 0 Å². The van der Waals surface area contributed by atoms with Crippen molar-refractivity contribution >= 4 is 0 Å². The van der Waals surface area contributed by atoms with Gasteiger partial charge >= 0.3 is 0 Å². The van der Waals surface area contributed by atoms with Crippen LogP contribution in [0.2, 0.25) is 0 Å². The van der Waals surface area contributed by atoms with Crippen molar-refractivity contribution in [2.45, 2.75) is 51.7 Å². The highest BCUT2D eigenvalue weighted by Crippen LogP contribution is 2.26. The van der Waals surface area contributed by atoms with Gasteiger partial charge in [-0.2, -0.15) is 5.10 Å². The van der Waals surface area contributed by atoms with Crippen LogP contribution < -0.4 is 0 Å². The summed E-state index contributed by atoms with van der Waals surface area (Å²) >= 11 is 0. The summed E-state index contributed by atoms with van der Waals surface area (Å²) in [4.78, 5) is 0. The van der Waals surface area contributed by atoms with Crippen LogP contribution in [0.3, 0.4) is 0 Å². The Bertz CT molecular complexity index is 302. The molecular weight excluding hydrogens is 188 g/mol. The molecule has 1 aliphatic rings. The quantitative estimate of drug-likeness (QED) is 0.825. The van der Waals surface area contributed by atoms with Crippen LogP contribution in [0.4, 0.5) is 0 Å². The topological polar surface area (TPSA) is 38.1 Å². The lowest BCUT2D eigenvalue weighted by molar-refractivity contribution is 0.173. The summed E-state index contributed by atoms with van der Waals surface area (Å²) in [6.07, 6.45) is 9.62. The Kier molecular flexibility index (Phi) is 3.41. The molecule has 0 aromatic carbocycles. The molecule has 0 saturated heterocycles. The maximum Gasteiger partial charge on any atom is 0.0817 e. The molecule has 1 aromatic heterocycles. The third-order valence-corrected chi connectivity index (χ3v) is 3.34. The molecule has 1 aromatic rings. The Labute approximate surface area is 91.1 Å². The first kappa shape index (κ1) is 10.7. The van der Waals surface area contributed by atoms with E-state index in [2.05, 4.69) is 5.10 Å². The first-order valence-electron chi connectivity index (χ1n) is 6.00. The first-order valence-corrected chi connectivity index (χ1v) is 6.00. The molecule has 3 nitrogen and oxygen atoms in total. The zero-order valence-corrected chi connectivity index (χ0v) is 9.39. The number of hydrogen-bond acceptors (Lipinski definition) is 2. The molecule has 2 rings (SSSR count).